The maximum atomic E-state index is 12.9. The van der Waals surface area contributed by atoms with E-state index in [4.69, 9.17) is 20.8 Å². The van der Waals surface area contributed by atoms with Gasteiger partial charge in [0, 0.05) is 23.2 Å². The van der Waals surface area contributed by atoms with Crippen LogP contribution in [0.1, 0.15) is 23.8 Å². The molecule has 2 aromatic carbocycles. The minimum atomic E-state index is -0.357. The highest BCUT2D eigenvalue weighted by molar-refractivity contribution is 6.30. The molecule has 7 nitrogen and oxygen atoms in total. The lowest BCUT2D eigenvalue weighted by Gasteiger charge is -2.20. The first-order valence-electron chi connectivity index (χ1n) is 9.26. The Hall–Kier alpha value is -3.58. The van der Waals surface area contributed by atoms with Crippen molar-refractivity contribution in [3.8, 4) is 5.75 Å². The molecule has 1 aliphatic heterocycles. The first kappa shape index (κ1) is 19.7. The van der Waals surface area contributed by atoms with E-state index in [9.17, 15) is 9.59 Å². The first-order valence-corrected chi connectivity index (χ1v) is 9.64. The third kappa shape index (κ3) is 4.36. The molecule has 1 unspecified atom stereocenters. The summed E-state index contributed by atoms with van der Waals surface area (Å²) in [6, 6.07) is 17.4. The molecule has 0 aliphatic carbocycles. The van der Waals surface area contributed by atoms with E-state index in [0.717, 1.165) is 11.3 Å². The van der Waals surface area contributed by atoms with Gasteiger partial charge < -0.3 is 14.5 Å². The third-order valence-corrected chi connectivity index (χ3v) is 4.89. The summed E-state index contributed by atoms with van der Waals surface area (Å²) in [6.45, 7) is -0.209. The number of furan rings is 1. The molecule has 30 heavy (non-hydrogen) atoms. The Morgan fingerprint density at radius 3 is 2.80 bits per heavy atom. The number of anilines is 1. The molecular weight excluding hydrogens is 406 g/mol. The van der Waals surface area contributed by atoms with E-state index in [0.29, 0.717) is 35.1 Å². The van der Waals surface area contributed by atoms with Crippen LogP contribution in [-0.4, -0.2) is 29.6 Å². The summed E-state index contributed by atoms with van der Waals surface area (Å²) >= 11 is 5.98. The molecule has 1 atom stereocenters. The predicted octanol–water partition coefficient (Wildman–Crippen LogP) is 4.26. The number of rotatable bonds is 7. The largest absolute Gasteiger partial charge is 0.484 e. The molecule has 152 valence electrons. The van der Waals surface area contributed by atoms with Gasteiger partial charge in [-0.15, -0.1) is 0 Å². The van der Waals surface area contributed by atoms with Gasteiger partial charge in [0.25, 0.3) is 5.91 Å². The van der Waals surface area contributed by atoms with E-state index < -0.39 is 0 Å². The van der Waals surface area contributed by atoms with Crippen LogP contribution in [0.2, 0.25) is 5.02 Å². The summed E-state index contributed by atoms with van der Waals surface area (Å²) in [5.41, 5.74) is 2.23. The van der Waals surface area contributed by atoms with Crippen LogP contribution in [0.15, 0.2) is 76.4 Å². The number of benzene rings is 2. The third-order valence-electron chi connectivity index (χ3n) is 4.64. The highest BCUT2D eigenvalue weighted by atomic mass is 35.5. The SMILES string of the molecule is O=CNc1cccc(OCC(=O)N2N=C(c3ccc(Cl)cc3)CC2c2ccco2)c1. The lowest BCUT2D eigenvalue weighted by Crippen LogP contribution is -2.31. The van der Waals surface area contributed by atoms with Gasteiger partial charge in [-0.2, -0.15) is 5.10 Å². The van der Waals surface area contributed by atoms with Crippen molar-refractivity contribution in [1.82, 2.24) is 5.01 Å². The minimum Gasteiger partial charge on any atom is -0.484 e. The smallest absolute Gasteiger partial charge is 0.281 e. The Labute approximate surface area is 177 Å². The lowest BCUT2D eigenvalue weighted by atomic mass is 10.0. The number of hydrazone groups is 1. The number of hydrogen-bond acceptors (Lipinski definition) is 5. The maximum absolute atomic E-state index is 12.9. The normalized spacial score (nSPS) is 15.6. The average Bonchev–Trinajstić information content (AvgIpc) is 3.43. The van der Waals surface area contributed by atoms with Gasteiger partial charge in [0.1, 0.15) is 17.6 Å². The molecular formula is C22H18ClN3O4. The second-order valence-corrected chi connectivity index (χ2v) is 7.04. The molecule has 1 N–H and O–H groups in total. The van der Waals surface area contributed by atoms with E-state index in [1.165, 1.54) is 5.01 Å². The zero-order valence-corrected chi connectivity index (χ0v) is 16.6. The number of halogens is 1. The Morgan fingerprint density at radius 2 is 2.07 bits per heavy atom. The number of hydrogen-bond donors (Lipinski definition) is 1. The topological polar surface area (TPSA) is 84.1 Å². The summed E-state index contributed by atoms with van der Waals surface area (Å²) in [6.07, 6.45) is 2.66. The van der Waals surface area contributed by atoms with E-state index >= 15 is 0 Å². The summed E-state index contributed by atoms with van der Waals surface area (Å²) in [7, 11) is 0. The molecule has 0 bridgehead atoms. The standard InChI is InChI=1S/C22H18ClN3O4/c23-16-8-6-15(7-9-16)19-12-20(21-5-2-10-29-21)26(25-19)22(28)13-30-18-4-1-3-17(11-18)24-14-27/h1-11,14,20H,12-13H2,(H,24,27). The second kappa shape index (κ2) is 8.84. The number of nitrogens with zero attached hydrogens (tertiary/aromatic N) is 2. The Kier molecular flexibility index (Phi) is 5.81. The maximum Gasteiger partial charge on any atom is 0.281 e. The fourth-order valence-electron chi connectivity index (χ4n) is 3.21. The number of nitrogens with one attached hydrogen (secondary N) is 1. The van der Waals surface area contributed by atoms with Crippen molar-refractivity contribution < 1.29 is 18.7 Å². The summed E-state index contributed by atoms with van der Waals surface area (Å²) in [5, 5.41) is 9.12. The molecule has 4 rings (SSSR count). The fourth-order valence-corrected chi connectivity index (χ4v) is 3.34. The van der Waals surface area contributed by atoms with Gasteiger partial charge >= 0.3 is 0 Å². The van der Waals surface area contributed by atoms with Gasteiger partial charge in [-0.1, -0.05) is 29.8 Å². The Bertz CT molecular complexity index is 1060. The quantitative estimate of drug-likeness (QED) is 0.575. The molecule has 0 saturated carbocycles. The molecule has 0 radical (unpaired) electrons. The van der Waals surface area contributed by atoms with Gasteiger partial charge in [0.2, 0.25) is 6.41 Å². The van der Waals surface area contributed by atoms with Gasteiger partial charge in [-0.25, -0.2) is 5.01 Å². The molecule has 1 aromatic heterocycles. The molecule has 3 aromatic rings. The molecule has 2 heterocycles. The number of carbonyl (C=O) groups excluding carboxylic acids is 2. The van der Waals surface area contributed by atoms with Crippen molar-refractivity contribution in [3.05, 3.63) is 83.3 Å². The predicted molar refractivity (Wildman–Crippen MR) is 113 cm³/mol. The van der Waals surface area contributed by atoms with Crippen LogP contribution in [0, 0.1) is 0 Å². The molecule has 2 amide bonds. The highest BCUT2D eigenvalue weighted by Gasteiger charge is 2.35. The van der Waals surface area contributed by atoms with Gasteiger partial charge in [-0.05, 0) is 42.0 Å². The number of carbonyl (C=O) groups is 2. The summed E-state index contributed by atoms with van der Waals surface area (Å²) in [5.74, 6) is 0.799. The van der Waals surface area contributed by atoms with E-state index in [2.05, 4.69) is 10.4 Å². The molecule has 1 aliphatic rings. The summed E-state index contributed by atoms with van der Waals surface area (Å²) < 4.78 is 11.2. The number of amides is 2. The van der Waals surface area contributed by atoms with Crippen LogP contribution in [0.3, 0.4) is 0 Å². The van der Waals surface area contributed by atoms with Gasteiger partial charge in [0.05, 0.1) is 12.0 Å². The minimum absolute atomic E-state index is 0.209. The lowest BCUT2D eigenvalue weighted by molar-refractivity contribution is -0.135. The van der Waals surface area contributed by atoms with Crippen LogP contribution >= 0.6 is 11.6 Å². The van der Waals surface area contributed by atoms with E-state index in [-0.39, 0.29) is 18.6 Å². The zero-order valence-electron chi connectivity index (χ0n) is 15.8. The van der Waals surface area contributed by atoms with Gasteiger partial charge in [-0.3, -0.25) is 9.59 Å². The van der Waals surface area contributed by atoms with Crippen molar-refractivity contribution in [3.63, 3.8) is 0 Å². The average molecular weight is 424 g/mol. The Balaban J connectivity index is 1.52. The molecule has 0 fully saturated rings. The van der Waals surface area contributed by atoms with Crippen molar-refractivity contribution in [2.45, 2.75) is 12.5 Å². The van der Waals surface area contributed by atoms with Crippen molar-refractivity contribution in [1.29, 1.82) is 0 Å². The number of ether oxygens (including phenoxy) is 1. The molecule has 8 heteroatoms. The van der Waals surface area contributed by atoms with E-state index in [1.807, 2.05) is 18.2 Å². The molecule has 0 spiro atoms. The van der Waals surface area contributed by atoms with Crippen molar-refractivity contribution >= 4 is 35.3 Å². The second-order valence-electron chi connectivity index (χ2n) is 6.61. The van der Waals surface area contributed by atoms with Crippen LogP contribution in [0.25, 0.3) is 0 Å². The Morgan fingerprint density at radius 1 is 1.23 bits per heavy atom. The molecule has 0 saturated heterocycles. The van der Waals surface area contributed by atoms with Crippen molar-refractivity contribution in [2.75, 3.05) is 11.9 Å². The van der Waals surface area contributed by atoms with Crippen molar-refractivity contribution in [2.24, 2.45) is 5.10 Å². The van der Waals surface area contributed by atoms with Gasteiger partial charge in [0.15, 0.2) is 6.61 Å². The fraction of sp³-hybridized carbons (Fsp3) is 0.136. The highest BCUT2D eigenvalue weighted by Crippen LogP contribution is 2.33. The first-order chi connectivity index (χ1) is 14.6. The monoisotopic (exact) mass is 423 g/mol. The van der Waals surface area contributed by atoms with Crippen LogP contribution < -0.4 is 10.1 Å². The van der Waals surface area contributed by atoms with Crippen LogP contribution in [0.5, 0.6) is 5.75 Å². The van der Waals surface area contributed by atoms with Crippen LogP contribution in [0.4, 0.5) is 5.69 Å². The van der Waals surface area contributed by atoms with E-state index in [1.54, 1.807) is 48.7 Å². The summed E-state index contributed by atoms with van der Waals surface area (Å²) in [4.78, 5) is 23.5. The van der Waals surface area contributed by atoms with Crippen LogP contribution in [-0.2, 0) is 9.59 Å². The zero-order chi connectivity index (χ0) is 20.9.